The van der Waals surface area contributed by atoms with E-state index in [4.69, 9.17) is 19.0 Å². The molecule has 0 spiro atoms. The van der Waals surface area contributed by atoms with Gasteiger partial charge in [-0.3, -0.25) is 4.84 Å². The number of fused-ring (bicyclic) bond motifs is 1. The van der Waals surface area contributed by atoms with Crippen LogP contribution in [0.1, 0.15) is 23.1 Å². The molecule has 0 aromatic heterocycles. The molecule has 0 aliphatic carbocycles. The van der Waals surface area contributed by atoms with Crippen LogP contribution in [0.4, 0.5) is 0 Å². The minimum atomic E-state index is -0.963. The molecular weight excluding hydrogens is 470 g/mol. The maximum Gasteiger partial charge on any atom is 0.109 e. The van der Waals surface area contributed by atoms with E-state index < -0.39 is 12.2 Å². The van der Waals surface area contributed by atoms with Crippen LogP contribution in [0, 0.1) is 0 Å². The monoisotopic (exact) mass is 505 g/mol. The molecule has 2 heterocycles. The zero-order valence-corrected chi connectivity index (χ0v) is 20.8. The van der Waals surface area contributed by atoms with Crippen molar-refractivity contribution >= 4 is 0 Å². The third kappa shape index (κ3) is 6.45. The van der Waals surface area contributed by atoms with E-state index in [1.54, 1.807) is 0 Å². The van der Waals surface area contributed by atoms with Crippen molar-refractivity contribution in [1.29, 1.82) is 0 Å². The van der Waals surface area contributed by atoms with Crippen LogP contribution in [-0.4, -0.2) is 65.0 Å². The van der Waals surface area contributed by atoms with Gasteiger partial charge in [0.2, 0.25) is 0 Å². The Hall–Kier alpha value is -2.62. The summed E-state index contributed by atoms with van der Waals surface area (Å²) in [5.74, 6) is 0. The first-order chi connectivity index (χ1) is 18.2. The van der Waals surface area contributed by atoms with Gasteiger partial charge in [-0.25, -0.2) is 0 Å². The predicted molar refractivity (Wildman–Crippen MR) is 138 cm³/mol. The molecule has 0 bridgehead atoms. The molecule has 0 radical (unpaired) electrons. The minimum Gasteiger partial charge on any atom is -0.394 e. The summed E-state index contributed by atoms with van der Waals surface area (Å²) in [6, 6.07) is 29.8. The second kappa shape index (κ2) is 12.8. The first-order valence-corrected chi connectivity index (χ1v) is 12.9. The molecule has 7 heteroatoms. The largest absolute Gasteiger partial charge is 0.394 e. The highest BCUT2D eigenvalue weighted by Gasteiger charge is 2.56. The number of hydrogen-bond acceptors (Lipinski definition) is 7. The van der Waals surface area contributed by atoms with Crippen molar-refractivity contribution in [2.45, 2.75) is 62.7 Å². The molecular formula is C30H35NO6. The molecule has 37 heavy (non-hydrogen) atoms. The first-order valence-electron chi connectivity index (χ1n) is 12.9. The summed E-state index contributed by atoms with van der Waals surface area (Å²) in [5, 5.41) is 21.8. The number of benzene rings is 3. The molecule has 7 nitrogen and oxygen atoms in total. The summed E-state index contributed by atoms with van der Waals surface area (Å²) in [5.41, 5.74) is 3.24. The minimum absolute atomic E-state index is 0.138. The van der Waals surface area contributed by atoms with Gasteiger partial charge in [-0.2, -0.15) is 5.06 Å². The van der Waals surface area contributed by atoms with Gasteiger partial charge in [0, 0.05) is 0 Å². The quantitative estimate of drug-likeness (QED) is 0.390. The van der Waals surface area contributed by atoms with Crippen molar-refractivity contribution in [3.05, 3.63) is 108 Å². The van der Waals surface area contributed by atoms with Crippen LogP contribution < -0.4 is 0 Å². The van der Waals surface area contributed by atoms with Crippen LogP contribution in [0.2, 0.25) is 0 Å². The number of ether oxygens (including phenoxy) is 3. The lowest BCUT2D eigenvalue weighted by atomic mass is 10.00. The van der Waals surface area contributed by atoms with E-state index >= 15 is 0 Å². The molecule has 2 saturated heterocycles. The smallest absolute Gasteiger partial charge is 0.109 e. The molecule has 2 fully saturated rings. The summed E-state index contributed by atoms with van der Waals surface area (Å²) in [4.78, 5) is 6.20. The summed E-state index contributed by atoms with van der Waals surface area (Å²) in [6.45, 7) is 1.36. The van der Waals surface area contributed by atoms with Crippen LogP contribution in [0.5, 0.6) is 0 Å². The molecule has 6 atom stereocenters. The summed E-state index contributed by atoms with van der Waals surface area (Å²) in [7, 11) is 0. The molecule has 2 N–H and O–H groups in total. The normalized spacial score (nSPS) is 26.3. The third-order valence-electron chi connectivity index (χ3n) is 7.05. The molecule has 196 valence electrons. The van der Waals surface area contributed by atoms with Crippen molar-refractivity contribution < 1.29 is 29.3 Å². The van der Waals surface area contributed by atoms with Gasteiger partial charge >= 0.3 is 0 Å². The lowest BCUT2D eigenvalue weighted by molar-refractivity contribution is -0.216. The van der Waals surface area contributed by atoms with Gasteiger partial charge in [-0.1, -0.05) is 91.0 Å². The highest BCUT2D eigenvalue weighted by atomic mass is 16.7. The molecule has 0 unspecified atom stereocenters. The topological polar surface area (TPSA) is 80.6 Å². The highest BCUT2D eigenvalue weighted by molar-refractivity contribution is 5.16. The lowest BCUT2D eigenvalue weighted by Crippen LogP contribution is -2.43. The number of aliphatic hydroxyl groups excluding tert-OH is 2. The second-order valence-corrected chi connectivity index (χ2v) is 9.65. The van der Waals surface area contributed by atoms with Crippen LogP contribution in [0.3, 0.4) is 0 Å². The number of rotatable bonds is 12. The van der Waals surface area contributed by atoms with Crippen LogP contribution in [0.15, 0.2) is 91.0 Å². The Morgan fingerprint density at radius 1 is 0.757 bits per heavy atom. The number of hydrogen-bond donors (Lipinski definition) is 2. The Balaban J connectivity index is 1.35. The molecule has 2 aliphatic rings. The van der Waals surface area contributed by atoms with Crippen LogP contribution in [-0.2, 0) is 38.9 Å². The molecule has 0 amide bonds. The molecule has 5 rings (SSSR count). The second-order valence-electron chi connectivity index (χ2n) is 9.65. The van der Waals surface area contributed by atoms with Gasteiger partial charge in [-0.15, -0.1) is 0 Å². The van der Waals surface area contributed by atoms with Crippen molar-refractivity contribution in [3.63, 3.8) is 0 Å². The first kappa shape index (κ1) is 26.0. The standard InChI is InChI=1S/C30H35NO6/c32-17-27(33)28-16-25-29(35-19-23-12-6-2-7-13-23)30(36-20-24-14-8-3-9-15-24)26(31(25)37-28)21-34-18-22-10-4-1-5-11-22/h1-15,25-30,32-33H,16-21H2/t25-,26-,27+,28-,29-,30-/m1/s1. The maximum absolute atomic E-state index is 10.3. The maximum atomic E-state index is 10.3. The van der Waals surface area contributed by atoms with E-state index in [0.29, 0.717) is 32.8 Å². The highest BCUT2D eigenvalue weighted by Crippen LogP contribution is 2.40. The molecule has 2 aliphatic heterocycles. The average molecular weight is 506 g/mol. The fourth-order valence-electron chi connectivity index (χ4n) is 5.14. The molecule has 0 saturated carbocycles. The molecule has 3 aromatic carbocycles. The van der Waals surface area contributed by atoms with Crippen LogP contribution in [0.25, 0.3) is 0 Å². The van der Waals surface area contributed by atoms with E-state index in [1.165, 1.54) is 0 Å². The summed E-state index contributed by atoms with van der Waals surface area (Å²) in [6.07, 6.45) is -1.55. The zero-order valence-electron chi connectivity index (χ0n) is 20.8. The van der Waals surface area contributed by atoms with E-state index in [2.05, 4.69) is 0 Å². The van der Waals surface area contributed by atoms with Gasteiger partial charge in [0.1, 0.15) is 24.4 Å². The van der Waals surface area contributed by atoms with Gasteiger partial charge in [0.05, 0.1) is 45.1 Å². The SMILES string of the molecule is OC[C@H](O)[C@H]1C[C@@H]2[C@@H](OCc3ccccc3)[C@H](OCc3ccccc3)[C@@H](COCc3ccccc3)N2O1. The summed E-state index contributed by atoms with van der Waals surface area (Å²) >= 11 is 0. The van der Waals surface area contributed by atoms with Crippen molar-refractivity contribution in [2.24, 2.45) is 0 Å². The Bertz CT molecular complexity index is 1070. The van der Waals surface area contributed by atoms with Crippen molar-refractivity contribution in [2.75, 3.05) is 13.2 Å². The molecule has 3 aromatic rings. The van der Waals surface area contributed by atoms with Crippen LogP contribution >= 0.6 is 0 Å². The fourth-order valence-corrected chi connectivity index (χ4v) is 5.14. The zero-order chi connectivity index (χ0) is 25.5. The predicted octanol–water partition coefficient (Wildman–Crippen LogP) is 3.48. The third-order valence-corrected chi connectivity index (χ3v) is 7.05. The van der Waals surface area contributed by atoms with E-state index in [-0.39, 0.29) is 30.9 Å². The Labute approximate surface area is 218 Å². The van der Waals surface area contributed by atoms with Gasteiger partial charge in [-0.05, 0) is 23.1 Å². The van der Waals surface area contributed by atoms with E-state index in [0.717, 1.165) is 16.7 Å². The van der Waals surface area contributed by atoms with Crippen molar-refractivity contribution in [3.8, 4) is 0 Å². The average Bonchev–Trinajstić information content (AvgIpc) is 3.50. The number of aliphatic hydroxyl groups is 2. The lowest BCUT2D eigenvalue weighted by Gasteiger charge is -2.29. The van der Waals surface area contributed by atoms with Crippen molar-refractivity contribution in [1.82, 2.24) is 5.06 Å². The Morgan fingerprint density at radius 2 is 1.27 bits per heavy atom. The number of nitrogens with zero attached hydrogens (tertiary/aromatic N) is 1. The Kier molecular flexibility index (Phi) is 8.97. The van der Waals surface area contributed by atoms with Gasteiger partial charge in [0.15, 0.2) is 0 Å². The van der Waals surface area contributed by atoms with Gasteiger partial charge in [0.25, 0.3) is 0 Å². The summed E-state index contributed by atoms with van der Waals surface area (Å²) < 4.78 is 19.2. The van der Waals surface area contributed by atoms with E-state index in [1.807, 2.05) is 96.1 Å². The number of hydroxylamine groups is 2. The van der Waals surface area contributed by atoms with Gasteiger partial charge < -0.3 is 24.4 Å². The fraction of sp³-hybridized carbons (Fsp3) is 0.400. The van der Waals surface area contributed by atoms with E-state index in [9.17, 15) is 10.2 Å². The Morgan fingerprint density at radius 3 is 1.81 bits per heavy atom.